The van der Waals surface area contributed by atoms with E-state index in [9.17, 15) is 9.90 Å². The van der Waals surface area contributed by atoms with Gasteiger partial charge in [0.15, 0.2) is 0 Å². The van der Waals surface area contributed by atoms with E-state index in [-0.39, 0.29) is 18.5 Å². The minimum Gasteiger partial charge on any atom is -0.497 e. The van der Waals surface area contributed by atoms with Gasteiger partial charge in [-0.15, -0.1) is 0 Å². The van der Waals surface area contributed by atoms with Crippen LogP contribution < -0.4 is 4.74 Å². The van der Waals surface area contributed by atoms with E-state index in [1.807, 2.05) is 36.4 Å². The molecule has 2 aromatic carbocycles. The predicted molar refractivity (Wildman–Crippen MR) is 84.3 cm³/mol. The van der Waals surface area contributed by atoms with Crippen LogP contribution in [0, 0.1) is 0 Å². The summed E-state index contributed by atoms with van der Waals surface area (Å²) >= 11 is 0. The number of aliphatic hydroxyl groups excluding tert-OH is 1. The number of benzene rings is 2. The van der Waals surface area contributed by atoms with Gasteiger partial charge in [0.05, 0.1) is 25.9 Å². The van der Waals surface area contributed by atoms with E-state index in [2.05, 4.69) is 0 Å². The largest absolute Gasteiger partial charge is 0.497 e. The summed E-state index contributed by atoms with van der Waals surface area (Å²) in [4.78, 5) is 11.7. The van der Waals surface area contributed by atoms with E-state index < -0.39 is 0 Å². The van der Waals surface area contributed by atoms with Crippen LogP contribution in [-0.2, 0) is 4.74 Å². The van der Waals surface area contributed by atoms with Gasteiger partial charge in [0.25, 0.3) is 0 Å². The van der Waals surface area contributed by atoms with E-state index in [0.717, 1.165) is 16.9 Å². The smallest absolute Gasteiger partial charge is 0.338 e. The van der Waals surface area contributed by atoms with Gasteiger partial charge >= 0.3 is 5.97 Å². The third kappa shape index (κ3) is 3.65. The van der Waals surface area contributed by atoms with Gasteiger partial charge in [0, 0.05) is 5.92 Å². The third-order valence-electron chi connectivity index (χ3n) is 3.52. The number of carbonyl (C=O) groups is 1. The van der Waals surface area contributed by atoms with Crippen LogP contribution >= 0.6 is 0 Å². The molecule has 2 rings (SSSR count). The summed E-state index contributed by atoms with van der Waals surface area (Å²) in [5.41, 5.74) is 2.45. The maximum absolute atomic E-state index is 11.7. The molecule has 1 atom stereocenters. The van der Waals surface area contributed by atoms with Crippen LogP contribution in [-0.4, -0.2) is 31.4 Å². The lowest BCUT2D eigenvalue weighted by Crippen LogP contribution is -2.08. The highest BCUT2D eigenvalue weighted by atomic mass is 16.5. The second-order valence-corrected chi connectivity index (χ2v) is 4.85. The Balaban J connectivity index is 2.21. The van der Waals surface area contributed by atoms with Crippen LogP contribution in [0.4, 0.5) is 0 Å². The molecule has 0 amide bonds. The summed E-state index contributed by atoms with van der Waals surface area (Å²) in [5.74, 6) is 0.305. The molecule has 0 aliphatic heterocycles. The molecule has 0 saturated heterocycles. The number of hydrogen-bond donors (Lipinski definition) is 1. The number of carbonyl (C=O) groups excluding carboxylic acids is 1. The van der Waals surface area contributed by atoms with Gasteiger partial charge in [-0.2, -0.15) is 0 Å². The van der Waals surface area contributed by atoms with E-state index in [1.54, 1.807) is 26.2 Å². The Hall–Kier alpha value is -2.33. The average Bonchev–Trinajstić information content (AvgIpc) is 2.57. The summed E-state index contributed by atoms with van der Waals surface area (Å²) in [7, 11) is 1.62. The molecular weight excluding hydrogens is 280 g/mol. The van der Waals surface area contributed by atoms with Gasteiger partial charge < -0.3 is 14.6 Å². The van der Waals surface area contributed by atoms with Crippen LogP contribution in [0.1, 0.15) is 34.3 Å². The average molecular weight is 300 g/mol. The summed E-state index contributed by atoms with van der Waals surface area (Å²) in [5, 5.41) is 9.70. The predicted octanol–water partition coefficient (Wildman–Crippen LogP) is 3.00. The zero-order chi connectivity index (χ0) is 15.9. The van der Waals surface area contributed by atoms with Crippen molar-refractivity contribution in [1.29, 1.82) is 0 Å². The highest BCUT2D eigenvalue weighted by Gasteiger charge is 2.14. The first-order chi connectivity index (χ1) is 10.7. The summed E-state index contributed by atoms with van der Waals surface area (Å²) in [6.07, 6.45) is 0. The maximum atomic E-state index is 11.7. The molecule has 0 unspecified atom stereocenters. The summed E-state index contributed by atoms with van der Waals surface area (Å²) < 4.78 is 10.1. The summed E-state index contributed by atoms with van der Waals surface area (Å²) in [6, 6.07) is 14.7. The standard InChI is InChI=1S/C18H20O4/c1-3-22-18(20)15-6-4-13(5-7-15)17(12-19)14-8-10-16(21-2)11-9-14/h4-11,17,19H,3,12H2,1-2H3/t17-/m1/s1. The monoisotopic (exact) mass is 300 g/mol. The minimum atomic E-state index is -0.334. The zero-order valence-electron chi connectivity index (χ0n) is 12.8. The van der Waals surface area contributed by atoms with Crippen molar-refractivity contribution in [3.8, 4) is 5.75 Å². The van der Waals surface area contributed by atoms with Crippen LogP contribution in [0.2, 0.25) is 0 Å². The molecule has 4 heteroatoms. The van der Waals surface area contributed by atoms with Gasteiger partial charge in [-0.25, -0.2) is 4.79 Å². The Kier molecular flexibility index (Phi) is 5.55. The molecule has 0 heterocycles. The Morgan fingerprint density at radius 2 is 1.59 bits per heavy atom. The van der Waals surface area contributed by atoms with E-state index in [4.69, 9.17) is 9.47 Å². The first kappa shape index (κ1) is 16.0. The van der Waals surface area contributed by atoms with Gasteiger partial charge in [-0.1, -0.05) is 24.3 Å². The fourth-order valence-corrected chi connectivity index (χ4v) is 2.31. The van der Waals surface area contributed by atoms with Crippen molar-refractivity contribution in [2.24, 2.45) is 0 Å². The lowest BCUT2D eigenvalue weighted by atomic mass is 9.91. The minimum absolute atomic E-state index is 0.00885. The van der Waals surface area contributed by atoms with Crippen LogP contribution in [0.25, 0.3) is 0 Å². The fourth-order valence-electron chi connectivity index (χ4n) is 2.31. The number of ether oxygens (including phenoxy) is 2. The van der Waals surface area contributed by atoms with Crippen molar-refractivity contribution in [2.45, 2.75) is 12.8 Å². The van der Waals surface area contributed by atoms with E-state index in [1.165, 1.54) is 0 Å². The van der Waals surface area contributed by atoms with Crippen molar-refractivity contribution < 1.29 is 19.4 Å². The van der Waals surface area contributed by atoms with Crippen LogP contribution in [0.5, 0.6) is 5.75 Å². The highest BCUT2D eigenvalue weighted by molar-refractivity contribution is 5.89. The third-order valence-corrected chi connectivity index (χ3v) is 3.52. The highest BCUT2D eigenvalue weighted by Crippen LogP contribution is 2.26. The van der Waals surface area contributed by atoms with Crippen molar-refractivity contribution in [3.05, 3.63) is 65.2 Å². The molecule has 22 heavy (non-hydrogen) atoms. The Morgan fingerprint density at radius 1 is 1.05 bits per heavy atom. The molecule has 0 bridgehead atoms. The number of esters is 1. The molecule has 0 aromatic heterocycles. The van der Waals surface area contributed by atoms with Gasteiger partial charge in [-0.05, 0) is 42.3 Å². The lowest BCUT2D eigenvalue weighted by molar-refractivity contribution is 0.0526. The number of rotatable bonds is 6. The zero-order valence-corrected chi connectivity index (χ0v) is 12.8. The van der Waals surface area contributed by atoms with Crippen LogP contribution in [0.3, 0.4) is 0 Å². The SMILES string of the molecule is CCOC(=O)c1ccc([C@@H](CO)c2ccc(OC)cc2)cc1. The molecule has 4 nitrogen and oxygen atoms in total. The van der Waals surface area contributed by atoms with E-state index >= 15 is 0 Å². The van der Waals surface area contributed by atoms with Crippen molar-refractivity contribution in [3.63, 3.8) is 0 Å². The molecule has 1 N–H and O–H groups in total. The van der Waals surface area contributed by atoms with Crippen LogP contribution in [0.15, 0.2) is 48.5 Å². The topological polar surface area (TPSA) is 55.8 Å². The maximum Gasteiger partial charge on any atom is 0.338 e. The molecule has 0 saturated carbocycles. The first-order valence-corrected chi connectivity index (χ1v) is 7.21. The Bertz CT molecular complexity index is 602. The second-order valence-electron chi connectivity index (χ2n) is 4.85. The number of methoxy groups -OCH3 is 1. The molecular formula is C18H20O4. The molecule has 2 aromatic rings. The van der Waals surface area contributed by atoms with Crippen molar-refractivity contribution >= 4 is 5.97 Å². The molecule has 0 fully saturated rings. The Labute approximate surface area is 130 Å². The Morgan fingerprint density at radius 3 is 2.05 bits per heavy atom. The van der Waals surface area contributed by atoms with Gasteiger partial charge in [0.2, 0.25) is 0 Å². The molecule has 0 aliphatic rings. The van der Waals surface area contributed by atoms with Gasteiger partial charge in [-0.3, -0.25) is 0 Å². The molecule has 0 aliphatic carbocycles. The number of hydrogen-bond acceptors (Lipinski definition) is 4. The van der Waals surface area contributed by atoms with Crippen molar-refractivity contribution in [1.82, 2.24) is 0 Å². The summed E-state index contributed by atoms with van der Waals surface area (Å²) in [6.45, 7) is 2.12. The number of aliphatic hydroxyl groups is 1. The lowest BCUT2D eigenvalue weighted by Gasteiger charge is -2.16. The first-order valence-electron chi connectivity index (χ1n) is 7.21. The van der Waals surface area contributed by atoms with Crippen molar-refractivity contribution in [2.75, 3.05) is 20.3 Å². The quantitative estimate of drug-likeness (QED) is 0.833. The molecule has 0 spiro atoms. The molecule has 116 valence electrons. The second kappa shape index (κ2) is 7.61. The van der Waals surface area contributed by atoms with Gasteiger partial charge in [0.1, 0.15) is 5.75 Å². The van der Waals surface area contributed by atoms with E-state index in [0.29, 0.717) is 12.2 Å². The normalized spacial score (nSPS) is 11.8. The molecule has 0 radical (unpaired) electrons. The fraction of sp³-hybridized carbons (Fsp3) is 0.278.